The van der Waals surface area contributed by atoms with E-state index in [2.05, 4.69) is 5.32 Å². The van der Waals surface area contributed by atoms with Crippen molar-refractivity contribution in [2.45, 2.75) is 32.5 Å². The van der Waals surface area contributed by atoms with Crippen LogP contribution in [-0.4, -0.2) is 18.1 Å². The van der Waals surface area contributed by atoms with Gasteiger partial charge in [0, 0.05) is 11.7 Å². The predicted octanol–water partition coefficient (Wildman–Crippen LogP) is 2.79. The molecule has 1 unspecified atom stereocenters. The summed E-state index contributed by atoms with van der Waals surface area (Å²) in [7, 11) is 0. The van der Waals surface area contributed by atoms with Gasteiger partial charge >= 0.3 is 6.18 Å². The topological polar surface area (TPSA) is 55.1 Å². The number of anilines is 1. The van der Waals surface area contributed by atoms with E-state index >= 15 is 0 Å². The molecule has 0 aliphatic carbocycles. The van der Waals surface area contributed by atoms with Crippen LogP contribution in [0.15, 0.2) is 12.1 Å². The van der Waals surface area contributed by atoms with E-state index in [-0.39, 0.29) is 16.8 Å². The van der Waals surface area contributed by atoms with Crippen LogP contribution in [0.3, 0.4) is 0 Å². The lowest BCUT2D eigenvalue weighted by Gasteiger charge is -2.16. The molecule has 1 aromatic carbocycles. The Morgan fingerprint density at radius 2 is 2.00 bits per heavy atom. The summed E-state index contributed by atoms with van der Waals surface area (Å²) in [6, 6.07) is 1.29. The fraction of sp³-hybridized carbons (Fsp3) is 0.417. The summed E-state index contributed by atoms with van der Waals surface area (Å²) < 4.78 is 50.0. The van der Waals surface area contributed by atoms with Crippen molar-refractivity contribution in [3.63, 3.8) is 0 Å². The molecule has 1 atom stereocenters. The number of carbonyl (C=O) groups excluding carboxylic acids is 1. The zero-order valence-corrected chi connectivity index (χ0v) is 10.4. The molecular formula is C12H14F4N2O. The molecule has 0 saturated carbocycles. The first-order valence-corrected chi connectivity index (χ1v) is 5.53. The van der Waals surface area contributed by atoms with Crippen LogP contribution in [0.25, 0.3) is 0 Å². The lowest BCUT2D eigenvalue weighted by Crippen LogP contribution is -2.36. The molecule has 0 saturated heterocycles. The second-order valence-electron chi connectivity index (χ2n) is 4.39. The minimum absolute atomic E-state index is 0.161. The first-order chi connectivity index (χ1) is 8.60. The number of rotatable bonds is 3. The standard InChI is InChI=1S/C12H14F4N2O/c1-6-3-8(17)4-9(10(6)13)11(19)18-7(2)5-12(14,15)16/h3-4,7H,5,17H2,1-2H3,(H,18,19). The first-order valence-electron chi connectivity index (χ1n) is 5.53. The molecule has 1 amide bonds. The van der Waals surface area contributed by atoms with Gasteiger partial charge < -0.3 is 11.1 Å². The molecule has 3 nitrogen and oxygen atoms in total. The number of nitrogens with two attached hydrogens (primary N) is 1. The van der Waals surface area contributed by atoms with Crippen molar-refractivity contribution in [1.82, 2.24) is 5.32 Å². The molecule has 7 heteroatoms. The Labute approximate surface area is 107 Å². The van der Waals surface area contributed by atoms with Gasteiger partial charge in [0.05, 0.1) is 12.0 Å². The smallest absolute Gasteiger partial charge is 0.391 e. The maximum Gasteiger partial charge on any atom is 0.391 e. The van der Waals surface area contributed by atoms with E-state index < -0.39 is 30.4 Å². The van der Waals surface area contributed by atoms with E-state index in [9.17, 15) is 22.4 Å². The average molecular weight is 278 g/mol. The lowest BCUT2D eigenvalue weighted by atomic mass is 10.1. The molecule has 0 fully saturated rings. The Kier molecular flexibility index (Phi) is 4.39. The summed E-state index contributed by atoms with van der Waals surface area (Å²) in [5.41, 5.74) is 5.45. The molecule has 1 aromatic rings. The highest BCUT2D eigenvalue weighted by molar-refractivity contribution is 5.95. The molecule has 19 heavy (non-hydrogen) atoms. The number of halogens is 4. The van der Waals surface area contributed by atoms with Gasteiger partial charge in [-0.15, -0.1) is 0 Å². The maximum absolute atomic E-state index is 13.7. The molecule has 1 rings (SSSR count). The molecule has 0 aliphatic heterocycles. The monoisotopic (exact) mass is 278 g/mol. The van der Waals surface area contributed by atoms with Gasteiger partial charge in [0.1, 0.15) is 5.82 Å². The Balaban J connectivity index is 2.85. The summed E-state index contributed by atoms with van der Waals surface area (Å²) in [6.45, 7) is 2.62. The van der Waals surface area contributed by atoms with Gasteiger partial charge in [0.15, 0.2) is 0 Å². The van der Waals surface area contributed by atoms with Crippen LogP contribution >= 0.6 is 0 Å². The second kappa shape index (κ2) is 5.46. The molecule has 0 aliphatic rings. The molecule has 0 bridgehead atoms. The molecular weight excluding hydrogens is 264 g/mol. The van der Waals surface area contributed by atoms with Gasteiger partial charge in [-0.25, -0.2) is 4.39 Å². The first kappa shape index (κ1) is 15.3. The quantitative estimate of drug-likeness (QED) is 0.660. The minimum Gasteiger partial charge on any atom is -0.399 e. The number of carbonyl (C=O) groups is 1. The van der Waals surface area contributed by atoms with Crippen LogP contribution in [0.1, 0.15) is 29.3 Å². The predicted molar refractivity (Wildman–Crippen MR) is 63.1 cm³/mol. The van der Waals surface area contributed by atoms with Crippen LogP contribution < -0.4 is 11.1 Å². The fourth-order valence-electron chi connectivity index (χ4n) is 1.66. The number of hydrogen-bond acceptors (Lipinski definition) is 2. The zero-order valence-electron chi connectivity index (χ0n) is 10.4. The van der Waals surface area contributed by atoms with Crippen molar-refractivity contribution in [3.8, 4) is 0 Å². The lowest BCUT2D eigenvalue weighted by molar-refractivity contribution is -0.138. The number of hydrogen-bond donors (Lipinski definition) is 2. The van der Waals surface area contributed by atoms with Crippen molar-refractivity contribution >= 4 is 11.6 Å². The summed E-state index contributed by atoms with van der Waals surface area (Å²) in [5.74, 6) is -1.70. The number of benzene rings is 1. The highest BCUT2D eigenvalue weighted by Gasteiger charge is 2.31. The highest BCUT2D eigenvalue weighted by atomic mass is 19.4. The minimum atomic E-state index is -4.39. The van der Waals surface area contributed by atoms with Crippen LogP contribution in [0.4, 0.5) is 23.2 Å². The van der Waals surface area contributed by atoms with Gasteiger partial charge in [-0.3, -0.25) is 4.79 Å². The van der Waals surface area contributed by atoms with E-state index in [0.717, 1.165) is 6.07 Å². The third kappa shape index (κ3) is 4.42. The van der Waals surface area contributed by atoms with E-state index in [0.29, 0.717) is 0 Å². The molecule has 0 radical (unpaired) electrons. The number of aryl methyl sites for hydroxylation is 1. The Hall–Kier alpha value is -1.79. The Morgan fingerprint density at radius 1 is 1.42 bits per heavy atom. The molecule has 0 spiro atoms. The van der Waals surface area contributed by atoms with E-state index in [4.69, 9.17) is 5.73 Å². The van der Waals surface area contributed by atoms with Gasteiger partial charge in [-0.05, 0) is 31.5 Å². The fourth-order valence-corrected chi connectivity index (χ4v) is 1.66. The summed E-state index contributed by atoms with van der Waals surface area (Å²) >= 11 is 0. The average Bonchev–Trinajstić information content (AvgIpc) is 2.20. The summed E-state index contributed by atoms with van der Waals surface area (Å²) in [5, 5.41) is 2.09. The van der Waals surface area contributed by atoms with Crippen molar-refractivity contribution in [2.75, 3.05) is 5.73 Å². The van der Waals surface area contributed by atoms with Gasteiger partial charge in [-0.1, -0.05) is 0 Å². The van der Waals surface area contributed by atoms with Crippen LogP contribution in [0, 0.1) is 12.7 Å². The Morgan fingerprint density at radius 3 is 2.53 bits per heavy atom. The largest absolute Gasteiger partial charge is 0.399 e. The van der Waals surface area contributed by atoms with Gasteiger partial charge in [0.25, 0.3) is 5.91 Å². The Bertz CT molecular complexity index is 485. The van der Waals surface area contributed by atoms with Crippen molar-refractivity contribution in [1.29, 1.82) is 0 Å². The zero-order chi connectivity index (χ0) is 14.8. The van der Waals surface area contributed by atoms with E-state index in [1.807, 2.05) is 0 Å². The van der Waals surface area contributed by atoms with Crippen molar-refractivity contribution < 1.29 is 22.4 Å². The maximum atomic E-state index is 13.7. The van der Waals surface area contributed by atoms with E-state index in [1.165, 1.54) is 19.9 Å². The van der Waals surface area contributed by atoms with E-state index in [1.54, 1.807) is 0 Å². The van der Waals surface area contributed by atoms with Gasteiger partial charge in [0.2, 0.25) is 0 Å². The molecule has 0 heterocycles. The SMILES string of the molecule is Cc1cc(N)cc(C(=O)NC(C)CC(F)(F)F)c1F. The number of nitrogens with one attached hydrogen (secondary N) is 1. The summed E-state index contributed by atoms with van der Waals surface area (Å²) in [4.78, 5) is 11.7. The number of amides is 1. The molecule has 3 N–H and O–H groups in total. The summed E-state index contributed by atoms with van der Waals surface area (Å²) in [6.07, 6.45) is -5.57. The number of alkyl halides is 3. The molecule has 0 aromatic heterocycles. The van der Waals surface area contributed by atoms with Crippen molar-refractivity contribution in [3.05, 3.63) is 29.1 Å². The normalized spacial score (nSPS) is 13.2. The van der Waals surface area contributed by atoms with Crippen LogP contribution in [0.2, 0.25) is 0 Å². The highest BCUT2D eigenvalue weighted by Crippen LogP contribution is 2.22. The third-order valence-electron chi connectivity index (χ3n) is 2.44. The second-order valence-corrected chi connectivity index (χ2v) is 4.39. The molecule has 106 valence electrons. The van der Waals surface area contributed by atoms with Crippen LogP contribution in [0.5, 0.6) is 0 Å². The van der Waals surface area contributed by atoms with Crippen LogP contribution in [-0.2, 0) is 0 Å². The van der Waals surface area contributed by atoms with Gasteiger partial charge in [-0.2, -0.15) is 13.2 Å². The number of nitrogen functional groups attached to an aromatic ring is 1. The van der Waals surface area contributed by atoms with Crippen molar-refractivity contribution in [2.24, 2.45) is 0 Å². The third-order valence-corrected chi connectivity index (χ3v) is 2.44.